The zero-order chi connectivity index (χ0) is 19.5. The van der Waals surface area contributed by atoms with E-state index in [9.17, 15) is 9.59 Å². The fraction of sp³-hybridized carbons (Fsp3) is 0.0952. The maximum absolute atomic E-state index is 12.3. The van der Waals surface area contributed by atoms with Gasteiger partial charge in [-0.25, -0.2) is 4.98 Å². The number of benzene rings is 3. The molecular weight excluding hydrogens is 394 g/mol. The first kappa shape index (κ1) is 18.4. The minimum atomic E-state index is -0.205. The van der Waals surface area contributed by atoms with Crippen molar-refractivity contribution in [3.63, 3.8) is 0 Å². The molecule has 4 aromatic rings. The number of halogens is 1. The second kappa shape index (κ2) is 7.96. The molecule has 4 rings (SSSR count). The summed E-state index contributed by atoms with van der Waals surface area (Å²) in [5.74, 6) is -0.405. The van der Waals surface area contributed by atoms with E-state index in [1.54, 1.807) is 12.1 Å². The minimum Gasteiger partial charge on any atom is -0.352 e. The maximum atomic E-state index is 12.3. The molecule has 2 N–H and O–H groups in total. The van der Waals surface area contributed by atoms with Gasteiger partial charge in [-0.2, -0.15) is 0 Å². The Morgan fingerprint density at radius 2 is 1.82 bits per heavy atom. The lowest BCUT2D eigenvalue weighted by atomic mass is 10.1. The Hall–Kier alpha value is -2.96. The molecule has 0 bridgehead atoms. The molecule has 1 aromatic heterocycles. The molecule has 7 heteroatoms. The molecule has 0 aliphatic carbocycles. The molecule has 0 saturated carbocycles. The molecule has 0 aliphatic rings. The molecule has 0 saturated heterocycles. The van der Waals surface area contributed by atoms with Crippen LogP contribution in [0.3, 0.4) is 0 Å². The molecule has 5 nitrogen and oxygen atoms in total. The van der Waals surface area contributed by atoms with Crippen molar-refractivity contribution in [2.24, 2.45) is 0 Å². The molecule has 28 heavy (non-hydrogen) atoms. The number of aromatic nitrogens is 1. The van der Waals surface area contributed by atoms with Crippen LogP contribution in [0.25, 0.3) is 21.0 Å². The highest BCUT2D eigenvalue weighted by Gasteiger charge is 2.10. The maximum Gasteiger partial charge on any atom is 0.251 e. The van der Waals surface area contributed by atoms with E-state index >= 15 is 0 Å². The molecule has 1 heterocycles. The Morgan fingerprint density at radius 3 is 2.68 bits per heavy atom. The van der Waals surface area contributed by atoms with E-state index in [0.29, 0.717) is 15.7 Å². The summed E-state index contributed by atoms with van der Waals surface area (Å²) in [6.07, 6.45) is 0.163. The molecule has 140 valence electrons. The number of carbonyl (C=O) groups excluding carboxylic acids is 2. The number of carbonyl (C=O) groups is 2. The number of hydrogen-bond acceptors (Lipinski definition) is 4. The van der Waals surface area contributed by atoms with Crippen molar-refractivity contribution in [2.45, 2.75) is 6.42 Å². The van der Waals surface area contributed by atoms with Crippen molar-refractivity contribution in [3.8, 4) is 0 Å². The third-order valence-corrected chi connectivity index (χ3v) is 5.41. The van der Waals surface area contributed by atoms with E-state index in [4.69, 9.17) is 11.6 Å². The summed E-state index contributed by atoms with van der Waals surface area (Å²) in [7, 11) is 0. The van der Waals surface area contributed by atoms with Crippen molar-refractivity contribution in [1.29, 1.82) is 0 Å². The second-order valence-corrected chi connectivity index (χ2v) is 7.71. The van der Waals surface area contributed by atoms with Crippen molar-refractivity contribution in [2.75, 3.05) is 11.9 Å². The highest BCUT2D eigenvalue weighted by molar-refractivity contribution is 7.22. The summed E-state index contributed by atoms with van der Waals surface area (Å²) in [5.41, 5.74) is 1.36. The molecule has 0 fully saturated rings. The monoisotopic (exact) mass is 409 g/mol. The van der Waals surface area contributed by atoms with Gasteiger partial charge in [0, 0.05) is 23.6 Å². The Balaban J connectivity index is 1.32. The molecular formula is C21H16ClN3O2S. The Bertz CT molecular complexity index is 1190. The zero-order valence-electron chi connectivity index (χ0n) is 14.7. The summed E-state index contributed by atoms with van der Waals surface area (Å²) in [6, 6.07) is 18.8. The van der Waals surface area contributed by atoms with Gasteiger partial charge in [-0.1, -0.05) is 53.3 Å². The van der Waals surface area contributed by atoms with Crippen molar-refractivity contribution >= 4 is 60.9 Å². The van der Waals surface area contributed by atoms with Crippen LogP contribution in [-0.4, -0.2) is 23.3 Å². The van der Waals surface area contributed by atoms with Gasteiger partial charge in [-0.3, -0.25) is 9.59 Å². The Labute approximate surface area is 170 Å². The first-order chi connectivity index (χ1) is 13.6. The average molecular weight is 410 g/mol. The van der Waals surface area contributed by atoms with Crippen LogP contribution in [0.2, 0.25) is 5.02 Å². The molecule has 3 aromatic carbocycles. The van der Waals surface area contributed by atoms with Crippen LogP contribution in [0.15, 0.2) is 60.7 Å². The Morgan fingerprint density at radius 1 is 1.00 bits per heavy atom. The number of hydrogen-bond donors (Lipinski definition) is 2. The van der Waals surface area contributed by atoms with E-state index in [1.807, 2.05) is 48.5 Å². The fourth-order valence-electron chi connectivity index (χ4n) is 2.86. The summed E-state index contributed by atoms with van der Waals surface area (Å²) in [4.78, 5) is 28.8. The van der Waals surface area contributed by atoms with Gasteiger partial charge in [0.05, 0.1) is 10.2 Å². The zero-order valence-corrected chi connectivity index (χ0v) is 16.3. The standard InChI is InChI=1S/C21H16ClN3O2S/c22-16-7-8-17-18(12-16)28-21(24-17)25-19(26)9-10-23-20(27)15-6-5-13-3-1-2-4-14(13)11-15/h1-8,11-12H,9-10H2,(H,23,27)(H,24,25,26). The van der Waals surface area contributed by atoms with E-state index in [1.165, 1.54) is 11.3 Å². The lowest BCUT2D eigenvalue weighted by Gasteiger charge is -2.06. The number of rotatable bonds is 5. The average Bonchev–Trinajstić information content (AvgIpc) is 3.08. The topological polar surface area (TPSA) is 71.1 Å². The minimum absolute atomic E-state index is 0.163. The van der Waals surface area contributed by atoms with Crippen LogP contribution in [-0.2, 0) is 4.79 Å². The highest BCUT2D eigenvalue weighted by atomic mass is 35.5. The highest BCUT2D eigenvalue weighted by Crippen LogP contribution is 2.28. The first-order valence-electron chi connectivity index (χ1n) is 8.71. The van der Waals surface area contributed by atoms with E-state index < -0.39 is 0 Å². The predicted molar refractivity (Wildman–Crippen MR) is 114 cm³/mol. The molecule has 0 atom stereocenters. The Kier molecular flexibility index (Phi) is 5.23. The van der Waals surface area contributed by atoms with E-state index in [2.05, 4.69) is 15.6 Å². The SMILES string of the molecule is O=C(CCNC(=O)c1ccc2ccccc2c1)Nc1nc2ccc(Cl)cc2s1. The van der Waals surface area contributed by atoms with Gasteiger partial charge in [0.2, 0.25) is 5.91 Å². The van der Waals surface area contributed by atoms with Crippen LogP contribution in [0, 0.1) is 0 Å². The van der Waals surface area contributed by atoms with E-state index in [0.717, 1.165) is 21.0 Å². The van der Waals surface area contributed by atoms with Gasteiger partial charge in [0.15, 0.2) is 5.13 Å². The molecule has 0 aliphatic heterocycles. The first-order valence-corrected chi connectivity index (χ1v) is 9.91. The van der Waals surface area contributed by atoms with Gasteiger partial charge in [0.1, 0.15) is 0 Å². The molecule has 0 unspecified atom stereocenters. The number of anilines is 1. The van der Waals surface area contributed by atoms with Crippen LogP contribution in [0.1, 0.15) is 16.8 Å². The van der Waals surface area contributed by atoms with E-state index in [-0.39, 0.29) is 24.8 Å². The smallest absolute Gasteiger partial charge is 0.251 e. The normalized spacial score (nSPS) is 10.9. The lowest BCUT2D eigenvalue weighted by Crippen LogP contribution is -2.27. The van der Waals surface area contributed by atoms with Crippen LogP contribution in [0.5, 0.6) is 0 Å². The molecule has 2 amide bonds. The third-order valence-electron chi connectivity index (χ3n) is 4.25. The molecule has 0 radical (unpaired) electrons. The van der Waals surface area contributed by atoms with Gasteiger partial charge >= 0.3 is 0 Å². The summed E-state index contributed by atoms with van der Waals surface area (Å²) in [6.45, 7) is 0.244. The number of nitrogens with one attached hydrogen (secondary N) is 2. The van der Waals surface area contributed by atoms with Crippen LogP contribution < -0.4 is 10.6 Å². The molecule has 0 spiro atoms. The second-order valence-electron chi connectivity index (χ2n) is 6.25. The fourth-order valence-corrected chi connectivity index (χ4v) is 4.01. The largest absolute Gasteiger partial charge is 0.352 e. The van der Waals surface area contributed by atoms with Gasteiger partial charge in [-0.15, -0.1) is 0 Å². The van der Waals surface area contributed by atoms with Crippen LogP contribution in [0.4, 0.5) is 5.13 Å². The lowest BCUT2D eigenvalue weighted by molar-refractivity contribution is -0.116. The van der Waals surface area contributed by atoms with Gasteiger partial charge in [0.25, 0.3) is 5.91 Å². The third kappa shape index (κ3) is 4.13. The summed E-state index contributed by atoms with van der Waals surface area (Å²) >= 11 is 7.33. The number of fused-ring (bicyclic) bond motifs is 2. The van der Waals surface area contributed by atoms with Gasteiger partial charge in [-0.05, 0) is 41.1 Å². The van der Waals surface area contributed by atoms with Crippen LogP contribution >= 0.6 is 22.9 Å². The van der Waals surface area contributed by atoms with Crippen molar-refractivity contribution in [3.05, 3.63) is 71.2 Å². The van der Waals surface area contributed by atoms with Crippen molar-refractivity contribution < 1.29 is 9.59 Å². The summed E-state index contributed by atoms with van der Waals surface area (Å²) in [5, 5.41) is 8.77. The number of nitrogens with zero attached hydrogens (tertiary/aromatic N) is 1. The quantitative estimate of drug-likeness (QED) is 0.494. The number of thiazole rings is 1. The summed E-state index contributed by atoms with van der Waals surface area (Å²) < 4.78 is 0.910. The van der Waals surface area contributed by atoms with Gasteiger partial charge < -0.3 is 10.6 Å². The number of amides is 2. The van der Waals surface area contributed by atoms with Crippen molar-refractivity contribution in [1.82, 2.24) is 10.3 Å². The predicted octanol–water partition coefficient (Wildman–Crippen LogP) is 4.86.